The van der Waals surface area contributed by atoms with Gasteiger partial charge in [-0.05, 0) is 63.1 Å². The fourth-order valence-electron chi connectivity index (χ4n) is 4.25. The van der Waals surface area contributed by atoms with E-state index in [0.717, 1.165) is 46.8 Å². The largest absolute Gasteiger partial charge is 0.350 e. The van der Waals surface area contributed by atoms with Gasteiger partial charge in [0.1, 0.15) is 5.82 Å². The normalized spacial score (nSPS) is 14.6. The first-order valence-electron chi connectivity index (χ1n) is 11.8. The summed E-state index contributed by atoms with van der Waals surface area (Å²) in [7, 11) is 2.01. The lowest BCUT2D eigenvalue weighted by atomic mass is 10.1. The van der Waals surface area contributed by atoms with Crippen molar-refractivity contribution in [2.24, 2.45) is 7.05 Å². The van der Waals surface area contributed by atoms with Gasteiger partial charge in [0.05, 0.1) is 17.6 Å². The third-order valence-electron chi connectivity index (χ3n) is 6.31. The van der Waals surface area contributed by atoms with E-state index in [-0.39, 0.29) is 18.0 Å². The Kier molecular flexibility index (Phi) is 6.88. The van der Waals surface area contributed by atoms with E-state index in [1.165, 1.54) is 0 Å². The highest BCUT2D eigenvalue weighted by Crippen LogP contribution is 2.20. The van der Waals surface area contributed by atoms with E-state index in [1.54, 1.807) is 0 Å². The molecule has 8 heteroatoms. The van der Waals surface area contributed by atoms with Crippen LogP contribution in [0.4, 0.5) is 10.5 Å². The predicted octanol–water partition coefficient (Wildman–Crippen LogP) is 3.68. The highest BCUT2D eigenvalue weighted by atomic mass is 16.2. The molecule has 4 rings (SSSR count). The molecule has 34 heavy (non-hydrogen) atoms. The zero-order valence-corrected chi connectivity index (χ0v) is 20.7. The molecule has 2 heterocycles. The van der Waals surface area contributed by atoms with Gasteiger partial charge in [-0.1, -0.05) is 12.1 Å². The molecule has 1 fully saturated rings. The monoisotopic (exact) mass is 462 g/mol. The molecule has 1 saturated heterocycles. The quantitative estimate of drug-likeness (QED) is 0.606. The minimum absolute atomic E-state index is 0.0525. The van der Waals surface area contributed by atoms with Crippen LogP contribution < -0.4 is 10.6 Å². The van der Waals surface area contributed by atoms with Crippen LogP contribution in [0.5, 0.6) is 0 Å². The van der Waals surface area contributed by atoms with Gasteiger partial charge in [-0.15, -0.1) is 0 Å². The number of benzene rings is 2. The number of carbonyl (C=O) groups is 2. The number of anilines is 1. The Bertz CT molecular complexity index is 1210. The van der Waals surface area contributed by atoms with Crippen molar-refractivity contribution in [3.05, 3.63) is 58.9 Å². The van der Waals surface area contributed by atoms with Crippen molar-refractivity contribution < 1.29 is 9.59 Å². The molecule has 3 aromatic rings. The Morgan fingerprint density at radius 3 is 2.47 bits per heavy atom. The number of aromatic nitrogens is 2. The number of amides is 3. The van der Waals surface area contributed by atoms with E-state index >= 15 is 0 Å². The summed E-state index contributed by atoms with van der Waals surface area (Å²) >= 11 is 0. The number of hydrogen-bond donors (Lipinski definition) is 2. The van der Waals surface area contributed by atoms with Crippen LogP contribution in [-0.2, 0) is 13.6 Å². The molecule has 0 atom stereocenters. The Morgan fingerprint density at radius 2 is 1.76 bits per heavy atom. The van der Waals surface area contributed by atoms with Gasteiger partial charge in [0, 0.05) is 50.5 Å². The van der Waals surface area contributed by atoms with Gasteiger partial charge in [-0.25, -0.2) is 9.78 Å². The molecule has 2 aromatic carbocycles. The highest BCUT2D eigenvalue weighted by molar-refractivity contribution is 5.97. The van der Waals surface area contributed by atoms with Gasteiger partial charge in [-0.2, -0.15) is 0 Å². The summed E-state index contributed by atoms with van der Waals surface area (Å²) in [5.41, 5.74) is 5.50. The maximum Gasteiger partial charge on any atom is 0.321 e. The number of nitrogens with zero attached hydrogens (tertiary/aromatic N) is 4. The summed E-state index contributed by atoms with van der Waals surface area (Å²) < 4.78 is 2.08. The van der Waals surface area contributed by atoms with Crippen LogP contribution >= 0.6 is 0 Å². The van der Waals surface area contributed by atoms with E-state index < -0.39 is 0 Å². The fourth-order valence-corrected chi connectivity index (χ4v) is 4.25. The predicted molar refractivity (Wildman–Crippen MR) is 135 cm³/mol. The van der Waals surface area contributed by atoms with E-state index in [4.69, 9.17) is 4.98 Å². The third kappa shape index (κ3) is 5.22. The summed E-state index contributed by atoms with van der Waals surface area (Å²) in [5, 5.41) is 5.98. The maximum atomic E-state index is 12.8. The Hall–Kier alpha value is -3.39. The summed E-state index contributed by atoms with van der Waals surface area (Å²) in [6.07, 6.45) is 0. The van der Waals surface area contributed by atoms with Crippen LogP contribution in [0.15, 0.2) is 36.4 Å². The fraction of sp³-hybridized carbons (Fsp3) is 0.423. The van der Waals surface area contributed by atoms with Crippen molar-refractivity contribution in [2.75, 3.05) is 31.5 Å². The van der Waals surface area contributed by atoms with Gasteiger partial charge < -0.3 is 20.1 Å². The van der Waals surface area contributed by atoms with Crippen molar-refractivity contribution in [1.29, 1.82) is 0 Å². The number of carbonyl (C=O) groups excluding carboxylic acids is 2. The zero-order valence-electron chi connectivity index (χ0n) is 20.7. The first-order chi connectivity index (χ1) is 16.2. The summed E-state index contributed by atoms with van der Waals surface area (Å²) in [5.74, 6) is 0.865. The molecule has 0 radical (unpaired) electrons. The molecule has 0 aliphatic carbocycles. The molecule has 0 bridgehead atoms. The number of nitrogens with one attached hydrogen (secondary N) is 2. The average molecular weight is 463 g/mol. The number of urea groups is 1. The number of fused-ring (bicyclic) bond motifs is 1. The molecule has 3 amide bonds. The average Bonchev–Trinajstić information content (AvgIpc) is 3.10. The van der Waals surface area contributed by atoms with Gasteiger partial charge in [-0.3, -0.25) is 9.69 Å². The van der Waals surface area contributed by atoms with E-state index in [0.29, 0.717) is 25.2 Å². The Labute approximate surface area is 200 Å². The van der Waals surface area contributed by atoms with Crippen LogP contribution in [-0.4, -0.2) is 63.5 Å². The van der Waals surface area contributed by atoms with Crippen molar-refractivity contribution in [3.8, 4) is 0 Å². The van der Waals surface area contributed by atoms with Crippen molar-refractivity contribution in [3.63, 3.8) is 0 Å². The third-order valence-corrected chi connectivity index (χ3v) is 6.31. The second kappa shape index (κ2) is 9.85. The minimum Gasteiger partial charge on any atom is -0.350 e. The van der Waals surface area contributed by atoms with Crippen molar-refractivity contribution >= 4 is 28.7 Å². The van der Waals surface area contributed by atoms with Crippen LogP contribution in [0.25, 0.3) is 11.0 Å². The lowest BCUT2D eigenvalue weighted by molar-refractivity contribution is 0.0943. The smallest absolute Gasteiger partial charge is 0.321 e. The number of aryl methyl sites for hydroxylation is 3. The second-order valence-electron chi connectivity index (χ2n) is 9.43. The Balaban J connectivity index is 1.37. The molecule has 1 aliphatic rings. The van der Waals surface area contributed by atoms with Gasteiger partial charge >= 0.3 is 6.03 Å². The van der Waals surface area contributed by atoms with Gasteiger partial charge in [0.15, 0.2) is 0 Å². The Morgan fingerprint density at radius 1 is 1.03 bits per heavy atom. The number of piperazine rings is 1. The summed E-state index contributed by atoms with van der Waals surface area (Å²) in [6, 6.07) is 11.8. The van der Waals surface area contributed by atoms with Crippen LogP contribution in [0.3, 0.4) is 0 Å². The highest BCUT2D eigenvalue weighted by Gasteiger charge is 2.23. The molecule has 0 saturated carbocycles. The number of imidazole rings is 1. The lowest BCUT2D eigenvalue weighted by Crippen LogP contribution is -2.49. The topological polar surface area (TPSA) is 82.5 Å². The minimum atomic E-state index is -0.0839. The molecule has 1 aliphatic heterocycles. The first-order valence-corrected chi connectivity index (χ1v) is 11.8. The van der Waals surface area contributed by atoms with E-state index in [1.807, 2.05) is 76.0 Å². The second-order valence-corrected chi connectivity index (χ2v) is 9.43. The molecule has 0 spiro atoms. The molecule has 2 N–H and O–H groups in total. The molecule has 1 aromatic heterocycles. The number of rotatable bonds is 5. The standard InChI is InChI=1S/C26H34N6O2/c1-17(2)27-25(33)20-8-9-23-22(15-20)28-24(30(23)5)16-31-10-12-32(13-11-31)26(34)29-21-14-18(3)6-7-19(21)4/h6-9,14-15,17H,10-13,16H2,1-5H3,(H,27,33)(H,29,34). The number of hydrogen-bond acceptors (Lipinski definition) is 4. The molecule has 0 unspecified atom stereocenters. The molecule has 180 valence electrons. The van der Waals surface area contributed by atoms with Crippen LogP contribution in [0.1, 0.15) is 41.2 Å². The maximum absolute atomic E-state index is 12.8. The zero-order chi connectivity index (χ0) is 24.4. The van der Waals surface area contributed by atoms with E-state index in [2.05, 4.69) is 20.1 Å². The van der Waals surface area contributed by atoms with Crippen molar-refractivity contribution in [1.82, 2.24) is 24.7 Å². The molecule has 8 nitrogen and oxygen atoms in total. The van der Waals surface area contributed by atoms with Gasteiger partial charge in [0.25, 0.3) is 5.91 Å². The summed E-state index contributed by atoms with van der Waals surface area (Å²) in [6.45, 7) is 11.5. The molecular weight excluding hydrogens is 428 g/mol. The van der Waals surface area contributed by atoms with Crippen LogP contribution in [0.2, 0.25) is 0 Å². The van der Waals surface area contributed by atoms with Gasteiger partial charge in [0.2, 0.25) is 0 Å². The van der Waals surface area contributed by atoms with Crippen molar-refractivity contribution in [2.45, 2.75) is 40.3 Å². The lowest BCUT2D eigenvalue weighted by Gasteiger charge is -2.34. The van der Waals surface area contributed by atoms with E-state index in [9.17, 15) is 9.59 Å². The van der Waals surface area contributed by atoms with Crippen LogP contribution in [0, 0.1) is 13.8 Å². The SMILES string of the molecule is Cc1ccc(C)c(NC(=O)N2CCN(Cc3nc4cc(C(=O)NC(C)C)ccc4n3C)CC2)c1. The molecular formula is C26H34N6O2. The first kappa shape index (κ1) is 23.8. The summed E-state index contributed by atoms with van der Waals surface area (Å²) in [4.78, 5) is 34.1.